The maximum atomic E-state index is 12.6. The summed E-state index contributed by atoms with van der Waals surface area (Å²) < 4.78 is 0. The van der Waals surface area contributed by atoms with Gasteiger partial charge in [0.05, 0.1) is 9.82 Å². The predicted octanol–water partition coefficient (Wildman–Crippen LogP) is 6.56. The van der Waals surface area contributed by atoms with Crippen LogP contribution in [0.3, 0.4) is 0 Å². The van der Waals surface area contributed by atoms with Crippen LogP contribution in [0.1, 0.15) is 16.7 Å². The highest BCUT2D eigenvalue weighted by Gasteiger charge is 2.17. The molecular formula is C24H18ClN3O3S. The molecule has 3 aromatic carbocycles. The minimum Gasteiger partial charge on any atom is -0.321 e. The topological polar surface area (TPSA) is 96.0 Å². The van der Waals surface area contributed by atoms with E-state index in [-0.39, 0.29) is 11.3 Å². The van der Waals surface area contributed by atoms with Crippen LogP contribution in [0.15, 0.2) is 76.0 Å². The van der Waals surface area contributed by atoms with Crippen molar-refractivity contribution in [2.45, 2.75) is 23.6 Å². The van der Waals surface area contributed by atoms with Crippen LogP contribution in [0.2, 0.25) is 5.02 Å². The molecule has 0 spiro atoms. The molecule has 1 N–H and O–H groups in total. The lowest BCUT2D eigenvalue weighted by molar-refractivity contribution is -0.387. The van der Waals surface area contributed by atoms with Crippen LogP contribution in [-0.4, -0.2) is 10.8 Å². The number of amides is 1. The Hall–Kier alpha value is -3.60. The summed E-state index contributed by atoms with van der Waals surface area (Å²) in [6.45, 7) is 3.81. The average Bonchev–Trinajstić information content (AvgIpc) is 2.76. The number of nitro groups is 1. The smallest absolute Gasteiger partial charge is 0.283 e. The maximum Gasteiger partial charge on any atom is 0.283 e. The van der Waals surface area contributed by atoms with Gasteiger partial charge >= 0.3 is 0 Å². The molecule has 0 aliphatic rings. The molecule has 0 heterocycles. The van der Waals surface area contributed by atoms with Crippen LogP contribution in [0.4, 0.5) is 11.4 Å². The molecule has 0 aliphatic carbocycles. The summed E-state index contributed by atoms with van der Waals surface area (Å²) in [5.41, 5.74) is 2.63. The van der Waals surface area contributed by atoms with Crippen molar-refractivity contribution < 1.29 is 9.72 Å². The van der Waals surface area contributed by atoms with Crippen LogP contribution in [-0.2, 0) is 4.79 Å². The van der Waals surface area contributed by atoms with Crippen molar-refractivity contribution in [2.75, 3.05) is 5.32 Å². The number of benzene rings is 3. The zero-order chi connectivity index (χ0) is 23.3. The molecule has 0 fully saturated rings. The minimum atomic E-state index is -0.582. The molecule has 0 unspecified atom stereocenters. The van der Waals surface area contributed by atoms with Gasteiger partial charge in [-0.15, -0.1) is 0 Å². The minimum absolute atomic E-state index is 0.120. The Morgan fingerprint density at radius 1 is 1.12 bits per heavy atom. The highest BCUT2D eigenvalue weighted by Crippen LogP contribution is 2.36. The fraction of sp³-hybridized carbons (Fsp3) is 0.0833. The Morgan fingerprint density at radius 2 is 1.84 bits per heavy atom. The number of carbonyl (C=O) groups is 1. The van der Waals surface area contributed by atoms with E-state index in [1.807, 2.05) is 32.0 Å². The first-order valence-corrected chi connectivity index (χ1v) is 10.7. The Balaban J connectivity index is 1.87. The van der Waals surface area contributed by atoms with Crippen molar-refractivity contribution in [3.63, 3.8) is 0 Å². The lowest BCUT2D eigenvalue weighted by atomic mass is 10.1. The number of carbonyl (C=O) groups excluding carboxylic acids is 1. The summed E-state index contributed by atoms with van der Waals surface area (Å²) >= 11 is 7.12. The fourth-order valence-electron chi connectivity index (χ4n) is 2.94. The van der Waals surface area contributed by atoms with Gasteiger partial charge in [-0.1, -0.05) is 47.1 Å². The number of hydrogen-bond acceptors (Lipinski definition) is 5. The summed E-state index contributed by atoms with van der Waals surface area (Å²) in [6, 6.07) is 19.0. The third kappa shape index (κ3) is 5.76. The Morgan fingerprint density at radius 3 is 2.47 bits per heavy atom. The van der Waals surface area contributed by atoms with Gasteiger partial charge in [-0.2, -0.15) is 5.26 Å². The number of anilines is 1. The first kappa shape index (κ1) is 23.1. The summed E-state index contributed by atoms with van der Waals surface area (Å²) in [7, 11) is 0. The normalized spacial score (nSPS) is 11.0. The highest BCUT2D eigenvalue weighted by molar-refractivity contribution is 7.99. The van der Waals surface area contributed by atoms with E-state index < -0.39 is 10.8 Å². The summed E-state index contributed by atoms with van der Waals surface area (Å²) in [5.74, 6) is -0.582. The number of rotatable bonds is 6. The number of hydrogen-bond donors (Lipinski definition) is 1. The van der Waals surface area contributed by atoms with Gasteiger partial charge in [0, 0.05) is 21.7 Å². The van der Waals surface area contributed by atoms with Gasteiger partial charge in [0.25, 0.3) is 11.6 Å². The molecule has 32 heavy (non-hydrogen) atoms. The lowest BCUT2D eigenvalue weighted by Gasteiger charge is -2.09. The van der Waals surface area contributed by atoms with Gasteiger partial charge in [0.15, 0.2) is 0 Å². The molecule has 0 saturated heterocycles. The molecule has 3 aromatic rings. The van der Waals surface area contributed by atoms with E-state index in [2.05, 4.69) is 5.32 Å². The largest absolute Gasteiger partial charge is 0.321 e. The number of nitriles is 1. The van der Waals surface area contributed by atoms with Crippen LogP contribution in [0.5, 0.6) is 0 Å². The molecule has 8 heteroatoms. The molecule has 160 valence electrons. The number of nitro benzene ring substituents is 1. The molecule has 3 rings (SSSR count). The zero-order valence-electron chi connectivity index (χ0n) is 17.3. The third-order valence-electron chi connectivity index (χ3n) is 4.53. The van der Waals surface area contributed by atoms with Crippen LogP contribution < -0.4 is 5.32 Å². The molecular weight excluding hydrogens is 446 g/mol. The van der Waals surface area contributed by atoms with E-state index in [1.54, 1.807) is 42.5 Å². The second kappa shape index (κ2) is 10.1. The second-order valence-electron chi connectivity index (χ2n) is 6.98. The lowest BCUT2D eigenvalue weighted by Crippen LogP contribution is -2.14. The van der Waals surface area contributed by atoms with Gasteiger partial charge < -0.3 is 5.32 Å². The number of nitrogens with one attached hydrogen (secondary N) is 1. The number of aryl methyl sites for hydroxylation is 2. The third-order valence-corrected chi connectivity index (χ3v) is 5.85. The van der Waals surface area contributed by atoms with Crippen LogP contribution >= 0.6 is 23.4 Å². The van der Waals surface area contributed by atoms with Gasteiger partial charge in [-0.3, -0.25) is 14.9 Å². The SMILES string of the molecule is Cc1ccc(NC(=O)C(C#N)=Cc2ccc(Sc3ccc(Cl)cc3)c([N+](=O)[O-])c2)c(C)c1. The molecule has 0 aliphatic heterocycles. The maximum absolute atomic E-state index is 12.6. The van der Waals surface area contributed by atoms with E-state index >= 15 is 0 Å². The monoisotopic (exact) mass is 463 g/mol. The van der Waals surface area contributed by atoms with E-state index in [9.17, 15) is 20.2 Å². The van der Waals surface area contributed by atoms with Gasteiger partial charge in [-0.25, -0.2) is 0 Å². The number of halogens is 1. The number of nitrogens with zero attached hydrogens (tertiary/aromatic N) is 2. The Kier molecular flexibility index (Phi) is 7.31. The van der Waals surface area contributed by atoms with Crippen LogP contribution in [0, 0.1) is 35.3 Å². The van der Waals surface area contributed by atoms with E-state index in [1.165, 1.54) is 23.9 Å². The molecule has 0 aromatic heterocycles. The van der Waals surface area contributed by atoms with Crippen molar-refractivity contribution in [3.8, 4) is 6.07 Å². The van der Waals surface area contributed by atoms with Crippen molar-refractivity contribution >= 4 is 46.7 Å². The van der Waals surface area contributed by atoms with E-state index in [0.717, 1.165) is 16.0 Å². The molecule has 0 atom stereocenters. The van der Waals surface area contributed by atoms with Crippen molar-refractivity contribution in [1.82, 2.24) is 0 Å². The van der Waals surface area contributed by atoms with Crippen molar-refractivity contribution in [1.29, 1.82) is 5.26 Å². The summed E-state index contributed by atoms with van der Waals surface area (Å²) in [4.78, 5) is 25.0. The van der Waals surface area contributed by atoms with Crippen molar-refractivity contribution in [2.24, 2.45) is 0 Å². The second-order valence-corrected chi connectivity index (χ2v) is 8.53. The highest BCUT2D eigenvalue weighted by atomic mass is 35.5. The molecule has 0 saturated carbocycles. The van der Waals surface area contributed by atoms with Gasteiger partial charge in [0.1, 0.15) is 11.6 Å². The Bertz CT molecular complexity index is 1260. The first-order chi connectivity index (χ1) is 15.3. The molecule has 0 radical (unpaired) electrons. The molecule has 6 nitrogen and oxygen atoms in total. The fourth-order valence-corrected chi connectivity index (χ4v) is 3.97. The quantitative estimate of drug-likeness (QED) is 0.193. The van der Waals surface area contributed by atoms with Crippen LogP contribution in [0.25, 0.3) is 6.08 Å². The van der Waals surface area contributed by atoms with Crippen molar-refractivity contribution in [3.05, 3.63) is 98.1 Å². The van der Waals surface area contributed by atoms with E-state index in [4.69, 9.17) is 11.6 Å². The van der Waals surface area contributed by atoms with Gasteiger partial charge in [0.2, 0.25) is 0 Å². The van der Waals surface area contributed by atoms with E-state index in [0.29, 0.717) is 21.2 Å². The average molecular weight is 464 g/mol. The van der Waals surface area contributed by atoms with Gasteiger partial charge in [-0.05, 0) is 67.4 Å². The standard InChI is InChI=1S/C24H18ClN3O3S/c1-15-3-9-21(16(2)11-15)27-24(29)18(14-26)12-17-4-10-23(22(13-17)28(30)31)32-20-7-5-19(25)6-8-20/h3-13H,1-2H3,(H,27,29). The first-order valence-electron chi connectivity index (χ1n) is 9.49. The zero-order valence-corrected chi connectivity index (χ0v) is 18.8. The molecule has 1 amide bonds. The Labute approximate surface area is 194 Å². The summed E-state index contributed by atoms with van der Waals surface area (Å²) in [5, 5.41) is 24.4. The predicted molar refractivity (Wildman–Crippen MR) is 127 cm³/mol. The summed E-state index contributed by atoms with van der Waals surface area (Å²) in [6.07, 6.45) is 1.34. The molecule has 0 bridgehead atoms.